The smallest absolute Gasteiger partial charge is 0.206 e. The number of nitrogens with one attached hydrogen (secondary N) is 1. The fourth-order valence-corrected chi connectivity index (χ4v) is 1.87. The van der Waals surface area contributed by atoms with Crippen molar-refractivity contribution in [1.29, 1.82) is 0 Å². The highest BCUT2D eigenvalue weighted by Gasteiger charge is 1.96. The van der Waals surface area contributed by atoms with Gasteiger partial charge >= 0.3 is 0 Å². The van der Waals surface area contributed by atoms with Crippen LogP contribution in [-0.2, 0) is 4.79 Å². The fourth-order valence-electron chi connectivity index (χ4n) is 1.87. The number of benzene rings is 2. The van der Waals surface area contributed by atoms with Gasteiger partial charge in [0.1, 0.15) is 0 Å². The number of carbonyl (C=O) groups is 1. The van der Waals surface area contributed by atoms with Crippen molar-refractivity contribution in [3.05, 3.63) is 71.3 Å². The summed E-state index contributed by atoms with van der Waals surface area (Å²) in [4.78, 5) is 9.06. The maximum Gasteiger partial charge on any atom is 0.206 e. The first-order valence-corrected chi connectivity index (χ1v) is 8.14. The number of hydrogen-bond acceptors (Lipinski definition) is 1. The maximum absolute atomic E-state index is 9.06. The van der Waals surface area contributed by atoms with Gasteiger partial charge in [-0.1, -0.05) is 87.9 Å². The molecule has 1 amide bonds. The summed E-state index contributed by atoms with van der Waals surface area (Å²) in [6.07, 6.45) is 0.625. The fraction of sp³-hybridized carbons (Fsp3) is 0.381. The molecule has 2 nitrogen and oxygen atoms in total. The summed E-state index contributed by atoms with van der Waals surface area (Å²) in [6.45, 7) is 11.0. The molecule has 0 radical (unpaired) electrons. The molecule has 0 aliphatic carbocycles. The molecule has 1 N–H and O–H groups in total. The molecular formula is C21H31NO. The first kappa shape index (κ1) is 20.9. The van der Waals surface area contributed by atoms with Crippen LogP contribution in [0, 0.1) is 6.92 Å². The molecule has 0 spiro atoms. The summed E-state index contributed by atoms with van der Waals surface area (Å²) in [7, 11) is 1.56. The van der Waals surface area contributed by atoms with Crippen molar-refractivity contribution in [2.75, 3.05) is 7.05 Å². The van der Waals surface area contributed by atoms with Crippen molar-refractivity contribution in [3.63, 3.8) is 0 Å². The summed E-state index contributed by atoms with van der Waals surface area (Å²) >= 11 is 0. The van der Waals surface area contributed by atoms with Gasteiger partial charge in [-0.15, -0.1) is 0 Å². The van der Waals surface area contributed by atoms with E-state index in [1.54, 1.807) is 7.05 Å². The lowest BCUT2D eigenvalue weighted by Crippen LogP contribution is -1.98. The Morgan fingerprint density at radius 3 is 1.61 bits per heavy atom. The van der Waals surface area contributed by atoms with Crippen LogP contribution < -0.4 is 5.32 Å². The molecule has 0 aliphatic heterocycles. The lowest BCUT2D eigenvalue weighted by Gasteiger charge is -2.04. The molecule has 2 rings (SSSR count). The summed E-state index contributed by atoms with van der Waals surface area (Å²) in [5, 5.41) is 2.25. The molecule has 0 aliphatic rings. The molecule has 0 fully saturated rings. The molecular weight excluding hydrogens is 282 g/mol. The minimum Gasteiger partial charge on any atom is -0.362 e. The normalized spacial score (nSPS) is 9.39. The van der Waals surface area contributed by atoms with Gasteiger partial charge in [-0.3, -0.25) is 4.79 Å². The topological polar surface area (TPSA) is 29.1 Å². The van der Waals surface area contributed by atoms with Crippen LogP contribution in [0.15, 0.2) is 54.6 Å². The molecule has 0 heterocycles. The van der Waals surface area contributed by atoms with Crippen LogP contribution in [0.25, 0.3) is 0 Å². The van der Waals surface area contributed by atoms with Gasteiger partial charge in [-0.2, -0.15) is 0 Å². The Morgan fingerprint density at radius 2 is 1.30 bits per heavy atom. The molecule has 0 bridgehead atoms. The Morgan fingerprint density at radius 1 is 0.826 bits per heavy atom. The lowest BCUT2D eigenvalue weighted by atomic mass is 10.0. The number of hydrogen-bond donors (Lipinski definition) is 1. The third-order valence-corrected chi connectivity index (χ3v) is 3.29. The second kappa shape index (κ2) is 12.5. The zero-order valence-corrected chi connectivity index (χ0v) is 15.3. The number of carbonyl (C=O) groups excluding carboxylic acids is 1. The van der Waals surface area contributed by atoms with Crippen LogP contribution in [-0.4, -0.2) is 13.5 Å². The molecule has 2 aromatic rings. The first-order valence-electron chi connectivity index (χ1n) is 8.14. The minimum absolute atomic E-state index is 0.625. The van der Waals surface area contributed by atoms with E-state index in [1.807, 2.05) is 6.07 Å². The zero-order valence-electron chi connectivity index (χ0n) is 15.3. The molecule has 0 saturated carbocycles. The highest BCUT2D eigenvalue weighted by Crippen LogP contribution is 2.14. The molecule has 23 heavy (non-hydrogen) atoms. The molecule has 0 atom stereocenters. The van der Waals surface area contributed by atoms with Gasteiger partial charge < -0.3 is 5.32 Å². The molecule has 2 aromatic carbocycles. The Bertz CT molecular complexity index is 533. The van der Waals surface area contributed by atoms with E-state index in [0.29, 0.717) is 18.2 Å². The second-order valence-corrected chi connectivity index (χ2v) is 6.04. The standard InChI is InChI=1S/C10H14.C9H12.C2H5NO/c1-8(2)10-6-4-5-9(3)7-10;1-8(2)9-6-4-3-5-7-9;1-3-2-4/h4-8H,1-3H3;3-8H,1-2H3;2H,1H3,(H,3,4). The van der Waals surface area contributed by atoms with Crippen molar-refractivity contribution >= 4 is 6.41 Å². The van der Waals surface area contributed by atoms with E-state index < -0.39 is 0 Å². The molecule has 126 valence electrons. The average molecular weight is 313 g/mol. The Kier molecular flexibility index (Phi) is 11.3. The lowest BCUT2D eigenvalue weighted by molar-refractivity contribution is -0.109. The predicted octanol–water partition coefficient (Wildman–Crippen LogP) is 5.29. The van der Waals surface area contributed by atoms with Crippen LogP contribution in [0.5, 0.6) is 0 Å². The molecule has 0 unspecified atom stereocenters. The van der Waals surface area contributed by atoms with Crippen LogP contribution >= 0.6 is 0 Å². The van der Waals surface area contributed by atoms with Crippen molar-refractivity contribution in [3.8, 4) is 0 Å². The number of aryl methyl sites for hydroxylation is 1. The average Bonchev–Trinajstić information content (AvgIpc) is 2.56. The SMILES string of the molecule is CC(C)c1ccccc1.CNC=O.Cc1cccc(C(C)C)c1. The third-order valence-electron chi connectivity index (χ3n) is 3.29. The predicted molar refractivity (Wildman–Crippen MR) is 101 cm³/mol. The van der Waals surface area contributed by atoms with E-state index >= 15 is 0 Å². The zero-order chi connectivity index (χ0) is 17.7. The van der Waals surface area contributed by atoms with Gasteiger partial charge in [0.2, 0.25) is 6.41 Å². The summed E-state index contributed by atoms with van der Waals surface area (Å²) < 4.78 is 0. The quantitative estimate of drug-likeness (QED) is 0.766. The van der Waals surface area contributed by atoms with E-state index in [4.69, 9.17) is 4.79 Å². The van der Waals surface area contributed by atoms with Gasteiger partial charge in [0, 0.05) is 7.05 Å². The van der Waals surface area contributed by atoms with E-state index in [0.717, 1.165) is 0 Å². The van der Waals surface area contributed by atoms with Crippen molar-refractivity contribution in [2.24, 2.45) is 0 Å². The van der Waals surface area contributed by atoms with Gasteiger partial charge in [0.25, 0.3) is 0 Å². The van der Waals surface area contributed by atoms with E-state index in [2.05, 4.69) is 88.5 Å². The third kappa shape index (κ3) is 10.3. The molecule has 2 heteroatoms. The Balaban J connectivity index is 0.000000345. The van der Waals surface area contributed by atoms with Gasteiger partial charge in [-0.05, 0) is 29.9 Å². The minimum atomic E-state index is 0.625. The van der Waals surface area contributed by atoms with Gasteiger partial charge in [0.15, 0.2) is 0 Å². The highest BCUT2D eigenvalue weighted by molar-refractivity contribution is 5.44. The van der Waals surface area contributed by atoms with Crippen molar-refractivity contribution in [1.82, 2.24) is 5.32 Å². The van der Waals surface area contributed by atoms with Crippen LogP contribution in [0.4, 0.5) is 0 Å². The van der Waals surface area contributed by atoms with E-state index in [1.165, 1.54) is 16.7 Å². The molecule has 0 aromatic heterocycles. The first-order chi connectivity index (χ1) is 10.9. The van der Waals surface area contributed by atoms with Crippen LogP contribution in [0.2, 0.25) is 0 Å². The van der Waals surface area contributed by atoms with E-state index in [-0.39, 0.29) is 0 Å². The monoisotopic (exact) mass is 313 g/mol. The highest BCUT2D eigenvalue weighted by atomic mass is 16.1. The maximum atomic E-state index is 9.06. The number of rotatable bonds is 3. The van der Waals surface area contributed by atoms with E-state index in [9.17, 15) is 0 Å². The van der Waals surface area contributed by atoms with Gasteiger partial charge in [0.05, 0.1) is 0 Å². The van der Waals surface area contributed by atoms with Crippen LogP contribution in [0.3, 0.4) is 0 Å². The molecule has 0 saturated heterocycles. The van der Waals surface area contributed by atoms with Crippen molar-refractivity contribution < 1.29 is 4.79 Å². The van der Waals surface area contributed by atoms with Crippen LogP contribution in [0.1, 0.15) is 56.2 Å². The summed E-state index contributed by atoms with van der Waals surface area (Å²) in [5.74, 6) is 1.31. The Labute approximate surface area is 141 Å². The Hall–Kier alpha value is -2.09. The second-order valence-electron chi connectivity index (χ2n) is 6.04. The summed E-state index contributed by atoms with van der Waals surface area (Å²) in [6, 6.07) is 19.2. The van der Waals surface area contributed by atoms with Crippen molar-refractivity contribution in [2.45, 2.75) is 46.5 Å². The largest absolute Gasteiger partial charge is 0.362 e. The number of amides is 1. The van der Waals surface area contributed by atoms with Gasteiger partial charge in [-0.25, -0.2) is 0 Å². The summed E-state index contributed by atoms with van der Waals surface area (Å²) in [5.41, 5.74) is 4.20.